The molecule has 1 aliphatic rings. The molecule has 2 aromatic carbocycles. The van der Waals surface area contributed by atoms with Crippen LogP contribution in [0.1, 0.15) is 56.5 Å². The molecule has 34 heavy (non-hydrogen) atoms. The number of rotatable bonds is 6. The highest BCUT2D eigenvalue weighted by molar-refractivity contribution is 5.94. The molecule has 0 aliphatic carbocycles. The first-order valence-corrected chi connectivity index (χ1v) is 11.7. The number of benzene rings is 2. The van der Waals surface area contributed by atoms with Gasteiger partial charge in [-0.25, -0.2) is 0 Å². The van der Waals surface area contributed by atoms with Crippen molar-refractivity contribution in [2.45, 2.75) is 64.3 Å². The van der Waals surface area contributed by atoms with Crippen molar-refractivity contribution in [3.63, 3.8) is 0 Å². The van der Waals surface area contributed by atoms with Crippen LogP contribution in [-0.2, 0) is 6.61 Å². The van der Waals surface area contributed by atoms with Gasteiger partial charge in [-0.05, 0) is 87.6 Å². The molecule has 4 rings (SSSR count). The van der Waals surface area contributed by atoms with E-state index >= 15 is 0 Å². The van der Waals surface area contributed by atoms with E-state index in [1.165, 1.54) is 0 Å². The van der Waals surface area contributed by atoms with E-state index in [1.807, 2.05) is 54.6 Å². The third-order valence-corrected chi connectivity index (χ3v) is 6.09. The SMILES string of the molecule is CC1(C)CC(NC(=O)c2ccc(COc3cccc(-c4cc[nH]c(=O)c4)c3)cc2)CC(C)(C)N1. The zero-order valence-electron chi connectivity index (χ0n) is 20.3. The number of ether oxygens (including phenoxy) is 1. The maximum absolute atomic E-state index is 12.8. The molecular formula is C28H33N3O3. The standard InChI is InChI=1S/C28H33N3O3/c1-27(2)16-23(17-28(3,4)31-27)30-26(33)20-10-8-19(9-11-20)18-34-24-7-5-6-21(14-24)22-12-13-29-25(32)15-22/h5-15,23,31H,16-18H2,1-4H3,(H,29,32)(H,30,33). The lowest BCUT2D eigenvalue weighted by atomic mass is 9.79. The molecule has 1 aromatic heterocycles. The van der Waals surface area contributed by atoms with E-state index in [9.17, 15) is 9.59 Å². The number of aromatic amines is 1. The molecular weight excluding hydrogens is 426 g/mol. The largest absolute Gasteiger partial charge is 0.489 e. The first-order chi connectivity index (χ1) is 16.1. The van der Waals surface area contributed by atoms with Gasteiger partial charge in [-0.3, -0.25) is 9.59 Å². The van der Waals surface area contributed by atoms with Gasteiger partial charge in [-0.15, -0.1) is 0 Å². The summed E-state index contributed by atoms with van der Waals surface area (Å²) < 4.78 is 5.96. The fourth-order valence-corrected chi connectivity index (χ4v) is 5.00. The molecule has 0 atom stereocenters. The Balaban J connectivity index is 1.36. The number of hydrogen-bond donors (Lipinski definition) is 3. The molecule has 1 saturated heterocycles. The Bertz CT molecular complexity index is 1200. The lowest BCUT2D eigenvalue weighted by Gasteiger charge is -2.46. The normalized spacial score (nSPS) is 17.2. The summed E-state index contributed by atoms with van der Waals surface area (Å²) in [6.45, 7) is 9.10. The predicted octanol–water partition coefficient (Wildman–Crippen LogP) is 4.66. The van der Waals surface area contributed by atoms with Crippen LogP contribution in [0.3, 0.4) is 0 Å². The molecule has 0 saturated carbocycles. The number of piperidine rings is 1. The van der Waals surface area contributed by atoms with Gasteiger partial charge in [0.25, 0.3) is 5.91 Å². The summed E-state index contributed by atoms with van der Waals surface area (Å²) in [5, 5.41) is 6.86. The average Bonchev–Trinajstić information content (AvgIpc) is 2.76. The van der Waals surface area contributed by atoms with Gasteiger partial charge >= 0.3 is 0 Å². The summed E-state index contributed by atoms with van der Waals surface area (Å²) in [6.07, 6.45) is 3.42. The number of carbonyl (C=O) groups excluding carboxylic acids is 1. The number of amides is 1. The van der Waals surface area contributed by atoms with Crippen molar-refractivity contribution < 1.29 is 9.53 Å². The van der Waals surface area contributed by atoms with Gasteiger partial charge in [-0.2, -0.15) is 0 Å². The molecule has 0 unspecified atom stereocenters. The van der Waals surface area contributed by atoms with Gasteiger partial charge in [0, 0.05) is 34.9 Å². The molecule has 178 valence electrons. The van der Waals surface area contributed by atoms with Crippen LogP contribution in [-0.4, -0.2) is 28.0 Å². The second-order valence-corrected chi connectivity index (χ2v) is 10.4. The fraction of sp³-hybridized carbons (Fsp3) is 0.357. The van der Waals surface area contributed by atoms with E-state index in [4.69, 9.17) is 4.74 Å². The number of aromatic nitrogens is 1. The minimum atomic E-state index is -0.138. The van der Waals surface area contributed by atoms with E-state index in [2.05, 4.69) is 43.3 Å². The molecule has 0 spiro atoms. The Morgan fingerprint density at radius 3 is 2.32 bits per heavy atom. The highest BCUT2D eigenvalue weighted by Gasteiger charge is 2.38. The Hall–Kier alpha value is -3.38. The molecule has 0 bridgehead atoms. The van der Waals surface area contributed by atoms with Crippen molar-refractivity contribution in [1.29, 1.82) is 0 Å². The van der Waals surface area contributed by atoms with Gasteiger partial charge in [0.05, 0.1) is 0 Å². The minimum absolute atomic E-state index is 0.0194. The van der Waals surface area contributed by atoms with Crippen molar-refractivity contribution in [2.24, 2.45) is 0 Å². The smallest absolute Gasteiger partial charge is 0.251 e. The monoisotopic (exact) mass is 459 g/mol. The van der Waals surface area contributed by atoms with Crippen molar-refractivity contribution in [3.8, 4) is 16.9 Å². The van der Waals surface area contributed by atoms with Crippen LogP contribution in [0, 0.1) is 0 Å². The number of hydrogen-bond acceptors (Lipinski definition) is 4. The maximum atomic E-state index is 12.8. The summed E-state index contributed by atoms with van der Waals surface area (Å²) in [6, 6.07) is 18.7. The summed E-state index contributed by atoms with van der Waals surface area (Å²) in [5.41, 5.74) is 3.20. The van der Waals surface area contributed by atoms with Crippen LogP contribution in [0.4, 0.5) is 0 Å². The van der Waals surface area contributed by atoms with Crippen molar-refractivity contribution in [3.05, 3.63) is 88.3 Å². The third kappa shape index (κ3) is 6.14. The molecule has 1 fully saturated rings. The van der Waals surface area contributed by atoms with E-state index in [0.717, 1.165) is 35.3 Å². The van der Waals surface area contributed by atoms with Crippen LogP contribution in [0.25, 0.3) is 11.1 Å². The van der Waals surface area contributed by atoms with Gasteiger partial charge in [-0.1, -0.05) is 24.3 Å². The predicted molar refractivity (Wildman–Crippen MR) is 135 cm³/mol. The second-order valence-electron chi connectivity index (χ2n) is 10.4. The Morgan fingerprint density at radius 1 is 0.971 bits per heavy atom. The number of pyridine rings is 1. The number of nitrogens with one attached hydrogen (secondary N) is 3. The maximum Gasteiger partial charge on any atom is 0.251 e. The first-order valence-electron chi connectivity index (χ1n) is 11.7. The molecule has 6 heteroatoms. The molecule has 3 N–H and O–H groups in total. The van der Waals surface area contributed by atoms with E-state index in [-0.39, 0.29) is 28.6 Å². The van der Waals surface area contributed by atoms with Crippen LogP contribution in [0.15, 0.2) is 71.7 Å². The zero-order valence-corrected chi connectivity index (χ0v) is 20.3. The summed E-state index contributed by atoms with van der Waals surface area (Å²) in [7, 11) is 0. The van der Waals surface area contributed by atoms with Crippen molar-refractivity contribution in [1.82, 2.24) is 15.6 Å². The van der Waals surface area contributed by atoms with E-state index in [1.54, 1.807) is 12.3 Å². The lowest BCUT2D eigenvalue weighted by molar-refractivity contribution is 0.0873. The molecule has 6 nitrogen and oxygen atoms in total. The van der Waals surface area contributed by atoms with Crippen LogP contribution in [0.5, 0.6) is 5.75 Å². The number of H-pyrrole nitrogens is 1. The highest BCUT2D eigenvalue weighted by atomic mass is 16.5. The molecule has 1 aliphatic heterocycles. The topological polar surface area (TPSA) is 83.2 Å². The van der Waals surface area contributed by atoms with Crippen LogP contribution < -0.4 is 20.9 Å². The summed E-state index contributed by atoms with van der Waals surface area (Å²) in [5.74, 6) is 0.673. The minimum Gasteiger partial charge on any atom is -0.489 e. The van der Waals surface area contributed by atoms with E-state index < -0.39 is 0 Å². The Kier molecular flexibility index (Phi) is 6.62. The van der Waals surface area contributed by atoms with Crippen LogP contribution in [0.2, 0.25) is 0 Å². The summed E-state index contributed by atoms with van der Waals surface area (Å²) in [4.78, 5) is 27.0. The van der Waals surface area contributed by atoms with Gasteiger partial charge in [0.2, 0.25) is 5.56 Å². The Labute approximate surface area is 200 Å². The molecule has 1 amide bonds. The second kappa shape index (κ2) is 9.47. The lowest BCUT2D eigenvalue weighted by Crippen LogP contribution is -2.62. The summed E-state index contributed by atoms with van der Waals surface area (Å²) >= 11 is 0. The molecule has 3 aromatic rings. The van der Waals surface area contributed by atoms with Crippen molar-refractivity contribution >= 4 is 5.91 Å². The van der Waals surface area contributed by atoms with Gasteiger partial charge < -0.3 is 20.4 Å². The first kappa shape index (κ1) is 23.8. The van der Waals surface area contributed by atoms with Gasteiger partial charge in [0.15, 0.2) is 0 Å². The van der Waals surface area contributed by atoms with E-state index in [0.29, 0.717) is 12.2 Å². The number of carbonyl (C=O) groups is 1. The Morgan fingerprint density at radius 2 is 1.65 bits per heavy atom. The van der Waals surface area contributed by atoms with Crippen LogP contribution >= 0.6 is 0 Å². The fourth-order valence-electron chi connectivity index (χ4n) is 5.00. The molecule has 2 heterocycles. The third-order valence-electron chi connectivity index (χ3n) is 6.09. The zero-order chi connectivity index (χ0) is 24.3. The van der Waals surface area contributed by atoms with Gasteiger partial charge in [0.1, 0.15) is 12.4 Å². The van der Waals surface area contributed by atoms with Crippen molar-refractivity contribution in [2.75, 3.05) is 0 Å². The molecule has 0 radical (unpaired) electrons. The quantitative estimate of drug-likeness (QED) is 0.501. The highest BCUT2D eigenvalue weighted by Crippen LogP contribution is 2.29. The average molecular weight is 460 g/mol.